The molecule has 0 bridgehead atoms. The molecule has 1 amide bonds. The van der Waals surface area contributed by atoms with Gasteiger partial charge in [0.2, 0.25) is 0 Å². The van der Waals surface area contributed by atoms with E-state index in [2.05, 4.69) is 10.3 Å². The molecule has 1 aliphatic carbocycles. The van der Waals surface area contributed by atoms with Crippen LogP contribution in [-0.2, 0) is 0 Å². The lowest BCUT2D eigenvalue weighted by Gasteiger charge is -2.21. The third-order valence-corrected chi connectivity index (χ3v) is 3.22. The monoisotopic (exact) mass is 218 g/mol. The van der Waals surface area contributed by atoms with E-state index in [4.69, 9.17) is 0 Å². The zero-order valence-corrected chi connectivity index (χ0v) is 9.48. The highest BCUT2D eigenvalue weighted by Gasteiger charge is 2.14. The quantitative estimate of drug-likeness (QED) is 0.846. The first-order valence-electron chi connectivity index (χ1n) is 6.04. The molecule has 2 rings (SSSR count). The number of nitrogens with zero attached hydrogens (tertiary/aromatic N) is 1. The normalized spacial score (nSPS) is 17.0. The number of pyridine rings is 1. The summed E-state index contributed by atoms with van der Waals surface area (Å²) in [5.41, 5.74) is 0.700. The number of carbonyl (C=O) groups excluding carboxylic acids is 1. The SMILES string of the molecule is O=C(NCC1CCCCC1)c1ccncc1. The number of carbonyl (C=O) groups is 1. The highest BCUT2D eigenvalue weighted by atomic mass is 16.1. The van der Waals surface area contributed by atoms with Crippen molar-refractivity contribution in [1.29, 1.82) is 0 Å². The molecule has 16 heavy (non-hydrogen) atoms. The molecular formula is C13H18N2O. The molecule has 3 nitrogen and oxygen atoms in total. The van der Waals surface area contributed by atoms with Gasteiger partial charge in [0.05, 0.1) is 0 Å². The summed E-state index contributed by atoms with van der Waals surface area (Å²) in [7, 11) is 0. The van der Waals surface area contributed by atoms with Gasteiger partial charge in [-0.15, -0.1) is 0 Å². The first-order valence-corrected chi connectivity index (χ1v) is 6.04. The molecule has 0 aromatic carbocycles. The lowest BCUT2D eigenvalue weighted by Crippen LogP contribution is -2.30. The van der Waals surface area contributed by atoms with Gasteiger partial charge in [-0.05, 0) is 30.9 Å². The van der Waals surface area contributed by atoms with Crippen molar-refractivity contribution >= 4 is 5.91 Å². The van der Waals surface area contributed by atoms with Crippen molar-refractivity contribution in [2.75, 3.05) is 6.54 Å². The maximum absolute atomic E-state index is 11.7. The van der Waals surface area contributed by atoms with Crippen molar-refractivity contribution in [2.45, 2.75) is 32.1 Å². The van der Waals surface area contributed by atoms with Crippen LogP contribution in [0.25, 0.3) is 0 Å². The Balaban J connectivity index is 1.79. The Morgan fingerprint density at radius 3 is 2.62 bits per heavy atom. The van der Waals surface area contributed by atoms with Crippen LogP contribution in [0.2, 0.25) is 0 Å². The molecule has 0 radical (unpaired) electrons. The topological polar surface area (TPSA) is 42.0 Å². The van der Waals surface area contributed by atoms with Gasteiger partial charge in [-0.1, -0.05) is 19.3 Å². The van der Waals surface area contributed by atoms with Gasteiger partial charge in [0.25, 0.3) is 5.91 Å². The summed E-state index contributed by atoms with van der Waals surface area (Å²) in [5.74, 6) is 0.701. The summed E-state index contributed by atoms with van der Waals surface area (Å²) in [4.78, 5) is 15.6. The Morgan fingerprint density at radius 1 is 1.25 bits per heavy atom. The molecule has 0 atom stereocenters. The Morgan fingerprint density at radius 2 is 1.94 bits per heavy atom. The van der Waals surface area contributed by atoms with E-state index in [-0.39, 0.29) is 5.91 Å². The van der Waals surface area contributed by atoms with E-state index >= 15 is 0 Å². The molecule has 1 aliphatic rings. The van der Waals surface area contributed by atoms with Crippen LogP contribution in [0.5, 0.6) is 0 Å². The average molecular weight is 218 g/mol. The van der Waals surface area contributed by atoms with Crippen molar-refractivity contribution in [2.24, 2.45) is 5.92 Å². The smallest absolute Gasteiger partial charge is 0.251 e. The van der Waals surface area contributed by atoms with Crippen LogP contribution < -0.4 is 5.32 Å². The van der Waals surface area contributed by atoms with Gasteiger partial charge in [0.15, 0.2) is 0 Å². The second-order valence-corrected chi connectivity index (χ2v) is 4.45. The van der Waals surface area contributed by atoms with E-state index < -0.39 is 0 Å². The summed E-state index contributed by atoms with van der Waals surface area (Å²) >= 11 is 0. The van der Waals surface area contributed by atoms with Crippen molar-refractivity contribution in [1.82, 2.24) is 10.3 Å². The predicted molar refractivity (Wildman–Crippen MR) is 63.1 cm³/mol. The molecule has 1 N–H and O–H groups in total. The minimum atomic E-state index is 0.0213. The van der Waals surface area contributed by atoms with Crippen molar-refractivity contribution in [3.8, 4) is 0 Å². The molecule has 1 heterocycles. The van der Waals surface area contributed by atoms with E-state index in [0.29, 0.717) is 11.5 Å². The number of rotatable bonds is 3. The predicted octanol–water partition coefficient (Wildman–Crippen LogP) is 2.39. The summed E-state index contributed by atoms with van der Waals surface area (Å²) in [6, 6.07) is 3.49. The van der Waals surface area contributed by atoms with Gasteiger partial charge in [-0.3, -0.25) is 9.78 Å². The molecule has 1 aromatic heterocycles. The fraction of sp³-hybridized carbons (Fsp3) is 0.538. The highest BCUT2D eigenvalue weighted by Crippen LogP contribution is 2.22. The third kappa shape index (κ3) is 3.05. The average Bonchev–Trinajstić information content (AvgIpc) is 2.38. The minimum Gasteiger partial charge on any atom is -0.352 e. The first kappa shape index (κ1) is 11.1. The molecule has 0 unspecified atom stereocenters. The van der Waals surface area contributed by atoms with E-state index in [1.165, 1.54) is 32.1 Å². The summed E-state index contributed by atoms with van der Waals surface area (Å²) in [5, 5.41) is 3.00. The maximum atomic E-state index is 11.7. The maximum Gasteiger partial charge on any atom is 0.251 e. The fourth-order valence-electron chi connectivity index (χ4n) is 2.23. The van der Waals surface area contributed by atoms with Crippen LogP contribution in [0.3, 0.4) is 0 Å². The Kier molecular flexibility index (Phi) is 3.91. The van der Waals surface area contributed by atoms with E-state index in [1.807, 2.05) is 0 Å². The molecule has 0 aliphatic heterocycles. The zero-order valence-electron chi connectivity index (χ0n) is 9.48. The Hall–Kier alpha value is -1.38. The lowest BCUT2D eigenvalue weighted by molar-refractivity contribution is 0.0943. The van der Waals surface area contributed by atoms with Gasteiger partial charge in [-0.2, -0.15) is 0 Å². The van der Waals surface area contributed by atoms with Crippen LogP contribution in [-0.4, -0.2) is 17.4 Å². The lowest BCUT2D eigenvalue weighted by atomic mass is 9.89. The first-order chi connectivity index (χ1) is 7.86. The minimum absolute atomic E-state index is 0.0213. The highest BCUT2D eigenvalue weighted by molar-refractivity contribution is 5.93. The third-order valence-electron chi connectivity index (χ3n) is 3.22. The summed E-state index contributed by atoms with van der Waals surface area (Å²) in [6.07, 6.45) is 9.80. The molecular weight excluding hydrogens is 200 g/mol. The number of hydrogen-bond acceptors (Lipinski definition) is 2. The molecule has 3 heteroatoms. The van der Waals surface area contributed by atoms with Gasteiger partial charge in [0.1, 0.15) is 0 Å². The second-order valence-electron chi connectivity index (χ2n) is 4.45. The fourth-order valence-corrected chi connectivity index (χ4v) is 2.23. The van der Waals surface area contributed by atoms with Gasteiger partial charge in [0, 0.05) is 24.5 Å². The van der Waals surface area contributed by atoms with Crippen LogP contribution in [0.4, 0.5) is 0 Å². The van der Waals surface area contributed by atoms with Gasteiger partial charge < -0.3 is 5.32 Å². The molecule has 1 fully saturated rings. The van der Waals surface area contributed by atoms with E-state index in [9.17, 15) is 4.79 Å². The Bertz CT molecular complexity index is 331. The van der Waals surface area contributed by atoms with Crippen molar-refractivity contribution in [3.63, 3.8) is 0 Å². The molecule has 0 spiro atoms. The number of nitrogens with one attached hydrogen (secondary N) is 1. The Labute approximate surface area is 96.3 Å². The van der Waals surface area contributed by atoms with Gasteiger partial charge in [-0.25, -0.2) is 0 Å². The molecule has 1 saturated carbocycles. The zero-order chi connectivity index (χ0) is 11.2. The van der Waals surface area contributed by atoms with Crippen molar-refractivity contribution in [3.05, 3.63) is 30.1 Å². The van der Waals surface area contributed by atoms with Crippen molar-refractivity contribution < 1.29 is 4.79 Å². The van der Waals surface area contributed by atoms with Crippen LogP contribution in [0.1, 0.15) is 42.5 Å². The largest absolute Gasteiger partial charge is 0.352 e. The number of amides is 1. The summed E-state index contributed by atoms with van der Waals surface area (Å²) < 4.78 is 0. The number of aromatic nitrogens is 1. The molecule has 86 valence electrons. The number of hydrogen-bond donors (Lipinski definition) is 1. The second kappa shape index (κ2) is 5.64. The molecule has 1 aromatic rings. The van der Waals surface area contributed by atoms with Crippen LogP contribution in [0, 0.1) is 5.92 Å². The van der Waals surface area contributed by atoms with E-state index in [1.54, 1.807) is 24.5 Å². The standard InChI is InChI=1S/C13H18N2O/c16-13(12-6-8-14-9-7-12)15-10-11-4-2-1-3-5-11/h6-9,11H,1-5,10H2,(H,15,16). The van der Waals surface area contributed by atoms with E-state index in [0.717, 1.165) is 6.54 Å². The molecule has 0 saturated heterocycles. The van der Waals surface area contributed by atoms with Crippen LogP contribution in [0.15, 0.2) is 24.5 Å². The van der Waals surface area contributed by atoms with Gasteiger partial charge >= 0.3 is 0 Å². The summed E-state index contributed by atoms with van der Waals surface area (Å²) in [6.45, 7) is 0.821. The van der Waals surface area contributed by atoms with Crippen LogP contribution >= 0.6 is 0 Å².